The fourth-order valence-corrected chi connectivity index (χ4v) is 3.48. The number of hydrogen-bond acceptors (Lipinski definition) is 3. The van der Waals surface area contributed by atoms with Crippen LogP contribution >= 0.6 is 0 Å². The Kier molecular flexibility index (Phi) is 4.50. The van der Waals surface area contributed by atoms with E-state index in [1.165, 1.54) is 19.3 Å². The van der Waals surface area contributed by atoms with Gasteiger partial charge < -0.3 is 14.8 Å². The maximum atomic E-state index is 12.3. The highest BCUT2D eigenvalue weighted by molar-refractivity contribution is 5.94. The third-order valence-electron chi connectivity index (χ3n) is 4.50. The molecule has 1 heterocycles. The van der Waals surface area contributed by atoms with Gasteiger partial charge in [0.2, 0.25) is 0 Å². The Morgan fingerprint density at radius 3 is 2.55 bits per heavy atom. The molecule has 0 bridgehead atoms. The van der Waals surface area contributed by atoms with Crippen molar-refractivity contribution in [3.05, 3.63) is 34.9 Å². The molecule has 1 N–H and O–H groups in total. The molecule has 0 radical (unpaired) electrons. The van der Waals surface area contributed by atoms with Crippen molar-refractivity contribution in [1.29, 1.82) is 0 Å². The first kappa shape index (κ1) is 15.5. The van der Waals surface area contributed by atoms with Crippen LogP contribution in [0.1, 0.15) is 53.6 Å². The summed E-state index contributed by atoms with van der Waals surface area (Å²) < 4.78 is 12.0. The lowest BCUT2D eigenvalue weighted by Gasteiger charge is -2.31. The molecule has 1 atom stereocenters. The van der Waals surface area contributed by atoms with Gasteiger partial charge in [-0.1, -0.05) is 23.6 Å². The summed E-state index contributed by atoms with van der Waals surface area (Å²) in [6, 6.07) is 5.89. The quantitative estimate of drug-likeness (QED) is 0.933. The van der Waals surface area contributed by atoms with E-state index in [9.17, 15) is 4.79 Å². The summed E-state index contributed by atoms with van der Waals surface area (Å²) in [6.45, 7) is 5.09. The first-order chi connectivity index (χ1) is 10.6. The molecule has 3 rings (SSSR count). The summed E-state index contributed by atoms with van der Waals surface area (Å²) >= 11 is 0. The second kappa shape index (κ2) is 6.39. The van der Waals surface area contributed by atoms with Crippen LogP contribution in [0.3, 0.4) is 0 Å². The Hall–Kier alpha value is -1.39. The number of carbonyl (C=O) groups excluding carboxylic acids is 1. The van der Waals surface area contributed by atoms with Crippen LogP contribution in [0.15, 0.2) is 18.2 Å². The fraction of sp³-hybridized carbons (Fsp3) is 0.611. The molecule has 1 aromatic rings. The van der Waals surface area contributed by atoms with E-state index in [4.69, 9.17) is 9.47 Å². The molecule has 1 saturated heterocycles. The third kappa shape index (κ3) is 3.50. The summed E-state index contributed by atoms with van der Waals surface area (Å²) in [6.07, 6.45) is 5.53. The highest BCUT2D eigenvalue weighted by Gasteiger charge is 2.42. The van der Waals surface area contributed by atoms with Gasteiger partial charge in [0.15, 0.2) is 5.79 Å². The average molecular weight is 303 g/mol. The van der Waals surface area contributed by atoms with E-state index in [0.717, 1.165) is 24.0 Å². The zero-order chi connectivity index (χ0) is 15.6. The number of amides is 1. The van der Waals surface area contributed by atoms with Crippen LogP contribution < -0.4 is 5.32 Å². The highest BCUT2D eigenvalue weighted by Crippen LogP contribution is 2.37. The lowest BCUT2D eigenvalue weighted by Crippen LogP contribution is -2.37. The SMILES string of the molecule is Cc1cc(C)cc(C(=O)NC[C@H]2COC3(CCCCC3)O2)c1. The van der Waals surface area contributed by atoms with Crippen LogP contribution in [0.2, 0.25) is 0 Å². The van der Waals surface area contributed by atoms with Crippen molar-refractivity contribution in [2.75, 3.05) is 13.2 Å². The molecule has 1 aliphatic heterocycles. The molecular weight excluding hydrogens is 278 g/mol. The molecule has 0 unspecified atom stereocenters. The number of nitrogens with one attached hydrogen (secondary N) is 1. The van der Waals surface area contributed by atoms with Gasteiger partial charge in [-0.2, -0.15) is 0 Å². The Bertz CT molecular complexity index is 529. The van der Waals surface area contributed by atoms with Crippen molar-refractivity contribution in [3.8, 4) is 0 Å². The first-order valence-electron chi connectivity index (χ1n) is 8.25. The van der Waals surface area contributed by atoms with Crippen molar-refractivity contribution in [2.24, 2.45) is 0 Å². The highest BCUT2D eigenvalue weighted by atomic mass is 16.7. The summed E-state index contributed by atoms with van der Waals surface area (Å²) in [5, 5.41) is 2.97. The Balaban J connectivity index is 1.53. The molecule has 0 aromatic heterocycles. The number of rotatable bonds is 3. The van der Waals surface area contributed by atoms with Crippen molar-refractivity contribution < 1.29 is 14.3 Å². The molecule has 1 amide bonds. The molecule has 1 spiro atoms. The number of hydrogen-bond donors (Lipinski definition) is 1. The largest absolute Gasteiger partial charge is 0.349 e. The van der Waals surface area contributed by atoms with Gasteiger partial charge in [0, 0.05) is 24.9 Å². The van der Waals surface area contributed by atoms with Gasteiger partial charge in [-0.05, 0) is 38.8 Å². The number of benzene rings is 1. The second-order valence-electron chi connectivity index (χ2n) is 6.61. The molecule has 2 aliphatic rings. The van der Waals surface area contributed by atoms with Gasteiger partial charge in [-0.25, -0.2) is 0 Å². The minimum atomic E-state index is -0.367. The predicted molar refractivity (Wildman–Crippen MR) is 84.9 cm³/mol. The number of aryl methyl sites for hydroxylation is 2. The molecule has 22 heavy (non-hydrogen) atoms. The standard InChI is InChI=1S/C18H25NO3/c1-13-8-14(2)10-15(9-13)17(20)19-11-16-12-21-18(22-16)6-4-3-5-7-18/h8-10,16H,3-7,11-12H2,1-2H3,(H,19,20)/t16-/m0/s1. The summed E-state index contributed by atoms with van der Waals surface area (Å²) in [7, 11) is 0. The van der Waals surface area contributed by atoms with Crippen LogP contribution in [0, 0.1) is 13.8 Å². The Morgan fingerprint density at radius 1 is 1.18 bits per heavy atom. The maximum absolute atomic E-state index is 12.3. The van der Waals surface area contributed by atoms with Gasteiger partial charge in [-0.3, -0.25) is 4.79 Å². The molecule has 2 fully saturated rings. The molecule has 1 aromatic carbocycles. The Morgan fingerprint density at radius 2 is 1.86 bits per heavy atom. The van der Waals surface area contributed by atoms with Gasteiger partial charge in [0.1, 0.15) is 6.10 Å². The summed E-state index contributed by atoms with van der Waals surface area (Å²) in [5.41, 5.74) is 2.92. The van der Waals surface area contributed by atoms with Crippen molar-refractivity contribution in [2.45, 2.75) is 57.8 Å². The monoisotopic (exact) mass is 303 g/mol. The van der Waals surface area contributed by atoms with Crippen LogP contribution in [0.4, 0.5) is 0 Å². The zero-order valence-electron chi connectivity index (χ0n) is 13.5. The molecule has 1 saturated carbocycles. The van der Waals surface area contributed by atoms with Crippen molar-refractivity contribution >= 4 is 5.91 Å². The van der Waals surface area contributed by atoms with E-state index in [1.807, 2.05) is 26.0 Å². The van der Waals surface area contributed by atoms with Gasteiger partial charge >= 0.3 is 0 Å². The summed E-state index contributed by atoms with van der Waals surface area (Å²) in [5.74, 6) is -0.409. The van der Waals surface area contributed by atoms with Crippen LogP contribution in [-0.2, 0) is 9.47 Å². The molecular formula is C18H25NO3. The molecule has 4 heteroatoms. The maximum Gasteiger partial charge on any atom is 0.251 e. The minimum Gasteiger partial charge on any atom is -0.349 e. The fourth-order valence-electron chi connectivity index (χ4n) is 3.48. The van der Waals surface area contributed by atoms with Gasteiger partial charge in [0.05, 0.1) is 6.61 Å². The van der Waals surface area contributed by atoms with Crippen molar-refractivity contribution in [3.63, 3.8) is 0 Å². The molecule has 120 valence electrons. The Labute approximate surface area is 132 Å². The molecule has 4 nitrogen and oxygen atoms in total. The third-order valence-corrected chi connectivity index (χ3v) is 4.50. The zero-order valence-corrected chi connectivity index (χ0v) is 13.5. The summed E-state index contributed by atoms with van der Waals surface area (Å²) in [4.78, 5) is 12.3. The van der Waals surface area contributed by atoms with E-state index in [1.54, 1.807) is 0 Å². The smallest absolute Gasteiger partial charge is 0.251 e. The van der Waals surface area contributed by atoms with Crippen LogP contribution in [-0.4, -0.2) is 30.9 Å². The number of carbonyl (C=O) groups is 1. The van der Waals surface area contributed by atoms with Gasteiger partial charge in [0.25, 0.3) is 5.91 Å². The lowest BCUT2D eigenvalue weighted by molar-refractivity contribution is -0.186. The van der Waals surface area contributed by atoms with Crippen LogP contribution in [0.5, 0.6) is 0 Å². The molecule has 1 aliphatic carbocycles. The predicted octanol–water partition coefficient (Wildman–Crippen LogP) is 3.11. The van der Waals surface area contributed by atoms with Gasteiger partial charge in [-0.15, -0.1) is 0 Å². The average Bonchev–Trinajstić information content (AvgIpc) is 2.87. The van der Waals surface area contributed by atoms with E-state index in [-0.39, 0.29) is 17.8 Å². The number of ether oxygens (including phenoxy) is 2. The lowest BCUT2D eigenvalue weighted by atomic mass is 9.94. The van der Waals surface area contributed by atoms with Crippen LogP contribution in [0.25, 0.3) is 0 Å². The minimum absolute atomic E-state index is 0.0343. The van der Waals surface area contributed by atoms with E-state index < -0.39 is 0 Å². The van der Waals surface area contributed by atoms with E-state index >= 15 is 0 Å². The van der Waals surface area contributed by atoms with E-state index in [2.05, 4.69) is 11.4 Å². The van der Waals surface area contributed by atoms with E-state index in [0.29, 0.717) is 18.7 Å². The van der Waals surface area contributed by atoms with Crippen molar-refractivity contribution in [1.82, 2.24) is 5.32 Å². The first-order valence-corrected chi connectivity index (χ1v) is 8.25. The second-order valence-corrected chi connectivity index (χ2v) is 6.61. The topological polar surface area (TPSA) is 47.6 Å². The normalized spacial score (nSPS) is 23.6.